The first-order valence-electron chi connectivity index (χ1n) is 6.94. The molecule has 5 nitrogen and oxygen atoms in total. The molecule has 1 aliphatic heterocycles. The second-order valence-corrected chi connectivity index (χ2v) is 5.16. The maximum absolute atomic E-state index is 5.85. The van der Waals surface area contributed by atoms with E-state index in [1.807, 2.05) is 0 Å². The lowest BCUT2D eigenvalue weighted by Crippen LogP contribution is -2.50. The van der Waals surface area contributed by atoms with Crippen LogP contribution in [-0.2, 0) is 9.47 Å². The topological polar surface area (TPSA) is 51.0 Å². The van der Waals surface area contributed by atoms with Crippen molar-refractivity contribution in [1.82, 2.24) is 9.80 Å². The minimum absolute atomic E-state index is 0.296. The third kappa shape index (κ3) is 5.63. The van der Waals surface area contributed by atoms with Crippen LogP contribution in [0.5, 0.6) is 0 Å². The molecule has 1 heterocycles. The van der Waals surface area contributed by atoms with Crippen molar-refractivity contribution in [3.8, 4) is 0 Å². The fourth-order valence-corrected chi connectivity index (χ4v) is 2.31. The Hall–Kier alpha value is -0.200. The molecule has 5 heteroatoms. The molecule has 108 valence electrons. The van der Waals surface area contributed by atoms with Crippen molar-refractivity contribution in [3.63, 3.8) is 0 Å². The summed E-state index contributed by atoms with van der Waals surface area (Å²) in [5, 5.41) is 0. The van der Waals surface area contributed by atoms with Crippen LogP contribution < -0.4 is 5.73 Å². The smallest absolute Gasteiger partial charge is 0.0829 e. The standard InChI is InChI=1S/C13H29N3O2/c1-12(2)16-7-9-18-13(11-16)10-15(5-4-14)6-8-17-3/h12-13H,4-11,14H2,1-3H3. The summed E-state index contributed by atoms with van der Waals surface area (Å²) in [7, 11) is 1.73. The van der Waals surface area contributed by atoms with Crippen molar-refractivity contribution in [2.75, 3.05) is 59.6 Å². The maximum atomic E-state index is 5.85. The molecule has 0 aromatic carbocycles. The van der Waals surface area contributed by atoms with Crippen LogP contribution in [0.15, 0.2) is 0 Å². The van der Waals surface area contributed by atoms with E-state index in [-0.39, 0.29) is 0 Å². The molecule has 1 unspecified atom stereocenters. The van der Waals surface area contributed by atoms with Gasteiger partial charge in [-0.15, -0.1) is 0 Å². The molecular weight excluding hydrogens is 230 g/mol. The number of nitrogens with two attached hydrogens (primary N) is 1. The Morgan fingerprint density at radius 2 is 2.22 bits per heavy atom. The Morgan fingerprint density at radius 3 is 2.83 bits per heavy atom. The fraction of sp³-hybridized carbons (Fsp3) is 1.00. The van der Waals surface area contributed by atoms with E-state index in [0.717, 1.165) is 45.9 Å². The molecule has 0 spiro atoms. The molecule has 2 N–H and O–H groups in total. The highest BCUT2D eigenvalue weighted by Crippen LogP contribution is 2.10. The molecule has 1 saturated heterocycles. The van der Waals surface area contributed by atoms with Crippen molar-refractivity contribution >= 4 is 0 Å². The second-order valence-electron chi connectivity index (χ2n) is 5.16. The Balaban J connectivity index is 2.37. The zero-order chi connectivity index (χ0) is 13.4. The summed E-state index contributed by atoms with van der Waals surface area (Å²) in [5.74, 6) is 0. The number of ether oxygens (including phenoxy) is 2. The highest BCUT2D eigenvalue weighted by atomic mass is 16.5. The van der Waals surface area contributed by atoms with E-state index >= 15 is 0 Å². The third-order valence-electron chi connectivity index (χ3n) is 3.42. The van der Waals surface area contributed by atoms with Crippen LogP contribution in [0.2, 0.25) is 0 Å². The van der Waals surface area contributed by atoms with Gasteiger partial charge >= 0.3 is 0 Å². The number of nitrogens with zero attached hydrogens (tertiary/aromatic N) is 2. The summed E-state index contributed by atoms with van der Waals surface area (Å²) in [6, 6.07) is 0.596. The largest absolute Gasteiger partial charge is 0.383 e. The summed E-state index contributed by atoms with van der Waals surface area (Å²) in [6.45, 7) is 11.6. The van der Waals surface area contributed by atoms with E-state index in [1.165, 1.54) is 0 Å². The summed E-state index contributed by atoms with van der Waals surface area (Å²) in [5.41, 5.74) is 5.65. The first-order chi connectivity index (χ1) is 8.67. The number of hydrogen-bond acceptors (Lipinski definition) is 5. The minimum atomic E-state index is 0.296. The molecule has 0 amide bonds. The van der Waals surface area contributed by atoms with Crippen LogP contribution in [0.1, 0.15) is 13.8 Å². The van der Waals surface area contributed by atoms with Gasteiger partial charge in [0.25, 0.3) is 0 Å². The number of methoxy groups -OCH3 is 1. The Morgan fingerprint density at radius 1 is 1.44 bits per heavy atom. The highest BCUT2D eigenvalue weighted by molar-refractivity contribution is 4.77. The maximum Gasteiger partial charge on any atom is 0.0829 e. The molecule has 1 atom stereocenters. The van der Waals surface area contributed by atoms with Crippen LogP contribution in [0, 0.1) is 0 Å². The first kappa shape index (κ1) is 15.9. The average Bonchev–Trinajstić information content (AvgIpc) is 2.36. The second kappa shape index (κ2) is 8.82. The Kier molecular flexibility index (Phi) is 7.77. The monoisotopic (exact) mass is 259 g/mol. The van der Waals surface area contributed by atoms with Gasteiger partial charge in [0.2, 0.25) is 0 Å². The SMILES string of the molecule is COCCN(CCN)CC1CN(C(C)C)CCO1. The minimum Gasteiger partial charge on any atom is -0.383 e. The van der Waals surface area contributed by atoms with E-state index in [9.17, 15) is 0 Å². The summed E-state index contributed by atoms with van der Waals surface area (Å²) >= 11 is 0. The van der Waals surface area contributed by atoms with Gasteiger partial charge in [-0.2, -0.15) is 0 Å². The normalized spacial score (nSPS) is 22.0. The summed E-state index contributed by atoms with van der Waals surface area (Å²) in [6.07, 6.45) is 0.296. The van der Waals surface area contributed by atoms with Gasteiger partial charge in [-0.05, 0) is 13.8 Å². The van der Waals surface area contributed by atoms with Crippen LogP contribution in [0.25, 0.3) is 0 Å². The van der Waals surface area contributed by atoms with Gasteiger partial charge in [-0.1, -0.05) is 0 Å². The van der Waals surface area contributed by atoms with Gasteiger partial charge in [-0.25, -0.2) is 0 Å². The molecular formula is C13H29N3O2. The molecule has 0 radical (unpaired) electrons. The lowest BCUT2D eigenvalue weighted by molar-refractivity contribution is -0.0533. The average molecular weight is 259 g/mol. The van der Waals surface area contributed by atoms with Gasteiger partial charge in [0.1, 0.15) is 0 Å². The van der Waals surface area contributed by atoms with Crippen LogP contribution in [-0.4, -0.2) is 81.5 Å². The Labute approximate surface area is 111 Å². The lowest BCUT2D eigenvalue weighted by atomic mass is 10.2. The van der Waals surface area contributed by atoms with Crippen LogP contribution in [0.3, 0.4) is 0 Å². The van der Waals surface area contributed by atoms with Gasteiger partial charge in [-0.3, -0.25) is 9.80 Å². The van der Waals surface area contributed by atoms with Crippen molar-refractivity contribution in [3.05, 3.63) is 0 Å². The van der Waals surface area contributed by atoms with Crippen LogP contribution in [0.4, 0.5) is 0 Å². The number of morpholine rings is 1. The predicted molar refractivity (Wildman–Crippen MR) is 73.8 cm³/mol. The van der Waals surface area contributed by atoms with E-state index in [0.29, 0.717) is 18.7 Å². The van der Waals surface area contributed by atoms with Crippen molar-refractivity contribution in [2.45, 2.75) is 26.0 Å². The molecule has 0 saturated carbocycles. The van der Waals surface area contributed by atoms with E-state index in [1.54, 1.807) is 7.11 Å². The molecule has 18 heavy (non-hydrogen) atoms. The van der Waals surface area contributed by atoms with Gasteiger partial charge in [0, 0.05) is 52.4 Å². The first-order valence-corrected chi connectivity index (χ1v) is 6.94. The quantitative estimate of drug-likeness (QED) is 0.665. The van der Waals surface area contributed by atoms with E-state index in [4.69, 9.17) is 15.2 Å². The zero-order valence-electron chi connectivity index (χ0n) is 12.1. The molecule has 0 aromatic rings. The van der Waals surface area contributed by atoms with E-state index in [2.05, 4.69) is 23.6 Å². The van der Waals surface area contributed by atoms with Gasteiger partial charge in [0.05, 0.1) is 19.3 Å². The van der Waals surface area contributed by atoms with Gasteiger partial charge < -0.3 is 15.2 Å². The molecule has 0 aliphatic carbocycles. The van der Waals surface area contributed by atoms with Crippen molar-refractivity contribution < 1.29 is 9.47 Å². The summed E-state index contributed by atoms with van der Waals surface area (Å²) < 4.78 is 11.0. The molecule has 0 bridgehead atoms. The number of rotatable bonds is 8. The van der Waals surface area contributed by atoms with Crippen molar-refractivity contribution in [2.24, 2.45) is 5.73 Å². The number of hydrogen-bond donors (Lipinski definition) is 1. The van der Waals surface area contributed by atoms with E-state index < -0.39 is 0 Å². The molecule has 1 fully saturated rings. The van der Waals surface area contributed by atoms with Crippen LogP contribution >= 0.6 is 0 Å². The van der Waals surface area contributed by atoms with Crippen molar-refractivity contribution in [1.29, 1.82) is 0 Å². The lowest BCUT2D eigenvalue weighted by Gasteiger charge is -2.37. The third-order valence-corrected chi connectivity index (χ3v) is 3.42. The molecule has 1 aliphatic rings. The fourth-order valence-electron chi connectivity index (χ4n) is 2.31. The zero-order valence-corrected chi connectivity index (χ0v) is 12.1. The summed E-state index contributed by atoms with van der Waals surface area (Å²) in [4.78, 5) is 4.81. The predicted octanol–water partition coefficient (Wildman–Crippen LogP) is 0.00270. The molecule has 0 aromatic heterocycles. The molecule has 1 rings (SSSR count). The van der Waals surface area contributed by atoms with Gasteiger partial charge in [0.15, 0.2) is 0 Å². The Bertz CT molecular complexity index is 214. The highest BCUT2D eigenvalue weighted by Gasteiger charge is 2.23.